The second-order valence-corrected chi connectivity index (χ2v) is 9.25. The van der Waals surface area contributed by atoms with E-state index in [0.29, 0.717) is 53.1 Å². The van der Waals surface area contributed by atoms with Gasteiger partial charge in [0.15, 0.2) is 0 Å². The first kappa shape index (κ1) is 24.7. The zero-order chi connectivity index (χ0) is 25.4. The number of ether oxygens (including phenoxy) is 2. The second kappa shape index (κ2) is 10.1. The van der Waals surface area contributed by atoms with E-state index in [1.807, 2.05) is 12.1 Å². The van der Waals surface area contributed by atoms with Gasteiger partial charge in [0.05, 0.1) is 25.8 Å². The van der Waals surface area contributed by atoms with Gasteiger partial charge in [0, 0.05) is 37.2 Å². The first-order chi connectivity index (χ1) is 17.3. The van der Waals surface area contributed by atoms with Crippen LogP contribution in [0.25, 0.3) is 0 Å². The molecule has 0 spiro atoms. The van der Waals surface area contributed by atoms with Crippen molar-refractivity contribution in [2.75, 3.05) is 26.3 Å². The lowest BCUT2D eigenvalue weighted by atomic mass is 9.71. The predicted octanol–water partition coefficient (Wildman–Crippen LogP) is -0.886. The minimum Gasteiger partial charge on any atom is -0.496 e. The third-order valence-electron chi connectivity index (χ3n) is 7.01. The Morgan fingerprint density at radius 1 is 1.08 bits per heavy atom. The van der Waals surface area contributed by atoms with Crippen LogP contribution in [0.2, 0.25) is 0 Å². The number of imide groups is 1. The third-order valence-corrected chi connectivity index (χ3v) is 7.01. The van der Waals surface area contributed by atoms with Crippen LogP contribution in [0.5, 0.6) is 5.75 Å². The Balaban J connectivity index is 1.33. The molecule has 3 aliphatic rings. The summed E-state index contributed by atoms with van der Waals surface area (Å²) in [6.07, 6.45) is 0.472. The molecule has 11 heteroatoms. The van der Waals surface area contributed by atoms with Gasteiger partial charge in [-0.3, -0.25) is 24.6 Å². The van der Waals surface area contributed by atoms with Crippen molar-refractivity contribution >= 4 is 52.2 Å². The molecule has 5 rings (SSSR count). The molecule has 2 unspecified atom stereocenters. The molecule has 2 aromatic carbocycles. The fourth-order valence-corrected chi connectivity index (χ4v) is 4.95. The summed E-state index contributed by atoms with van der Waals surface area (Å²) < 4.78 is 11.5. The largest absolute Gasteiger partial charge is 0.496 e. The van der Waals surface area contributed by atoms with E-state index in [1.165, 1.54) is 4.90 Å². The standard InChI is InChI=1S/C25H24B3N3O5/c26-21-14(12-30-8-10-35-11-9-30)4-5-16(22(21)27)23(28)36-19-3-1-2-15-17(19)13-31(25(15)34)18-6-7-20(32)29-24(18)33/h1-5,18,23H,6-13H2,(H,29,32,33). The lowest BCUT2D eigenvalue weighted by Gasteiger charge is -2.29. The number of hydrogen-bond acceptors (Lipinski definition) is 6. The quantitative estimate of drug-likeness (QED) is 0.428. The summed E-state index contributed by atoms with van der Waals surface area (Å²) in [6.45, 7) is 3.89. The molecule has 3 amide bonds. The van der Waals surface area contributed by atoms with Crippen LogP contribution in [-0.2, 0) is 27.4 Å². The zero-order valence-electron chi connectivity index (χ0n) is 19.9. The number of morpholine rings is 1. The predicted molar refractivity (Wildman–Crippen MR) is 135 cm³/mol. The number of hydrogen-bond donors (Lipinski definition) is 1. The molecule has 0 saturated carbocycles. The number of fused-ring (bicyclic) bond motifs is 1. The summed E-state index contributed by atoms with van der Waals surface area (Å²) in [5.41, 5.74) is 3.37. The minimum atomic E-state index is -0.920. The molecule has 0 aliphatic carbocycles. The Morgan fingerprint density at radius 3 is 2.61 bits per heavy atom. The fourth-order valence-electron chi connectivity index (χ4n) is 4.95. The highest BCUT2D eigenvalue weighted by Crippen LogP contribution is 2.35. The van der Waals surface area contributed by atoms with E-state index in [9.17, 15) is 14.4 Å². The molecule has 2 fully saturated rings. The van der Waals surface area contributed by atoms with Crippen molar-refractivity contribution in [3.05, 3.63) is 52.6 Å². The van der Waals surface area contributed by atoms with E-state index in [4.69, 9.17) is 33.0 Å². The third kappa shape index (κ3) is 4.69. The van der Waals surface area contributed by atoms with E-state index in [2.05, 4.69) is 10.2 Å². The van der Waals surface area contributed by atoms with Crippen LogP contribution in [-0.4, -0.2) is 83.4 Å². The van der Waals surface area contributed by atoms with Crippen molar-refractivity contribution in [1.82, 2.24) is 15.1 Å². The Morgan fingerprint density at radius 2 is 1.86 bits per heavy atom. The normalized spacial score (nSPS) is 21.3. The lowest BCUT2D eigenvalue weighted by molar-refractivity contribution is -0.136. The van der Waals surface area contributed by atoms with Gasteiger partial charge in [-0.2, -0.15) is 0 Å². The molecule has 3 aliphatic heterocycles. The van der Waals surface area contributed by atoms with E-state index in [1.54, 1.807) is 18.2 Å². The maximum atomic E-state index is 13.1. The van der Waals surface area contributed by atoms with E-state index in [0.717, 1.165) is 18.7 Å². The van der Waals surface area contributed by atoms with E-state index >= 15 is 0 Å². The fraction of sp³-hybridized carbons (Fsp3) is 0.400. The van der Waals surface area contributed by atoms with Gasteiger partial charge in [0.1, 0.15) is 35.3 Å². The molecule has 3 heterocycles. The number of rotatable bonds is 6. The van der Waals surface area contributed by atoms with Gasteiger partial charge in [-0.05, 0) is 29.7 Å². The van der Waals surface area contributed by atoms with Gasteiger partial charge in [0.25, 0.3) is 5.91 Å². The Kier molecular flexibility index (Phi) is 6.95. The number of amides is 3. The summed E-state index contributed by atoms with van der Waals surface area (Å²) in [5, 5.41) is 2.31. The minimum absolute atomic E-state index is 0.180. The van der Waals surface area contributed by atoms with E-state index in [-0.39, 0.29) is 31.2 Å². The topological polar surface area (TPSA) is 88.2 Å². The highest BCUT2D eigenvalue weighted by molar-refractivity contribution is 6.50. The summed E-state index contributed by atoms with van der Waals surface area (Å²) in [6, 6.07) is 7.21. The average molecular weight is 479 g/mol. The summed E-state index contributed by atoms with van der Waals surface area (Å²) in [4.78, 5) is 40.6. The molecule has 2 saturated heterocycles. The number of piperidine rings is 1. The first-order valence-corrected chi connectivity index (χ1v) is 12.0. The average Bonchev–Trinajstić information content (AvgIpc) is 3.20. The molecule has 0 bridgehead atoms. The molecule has 6 radical (unpaired) electrons. The highest BCUT2D eigenvalue weighted by Gasteiger charge is 2.40. The number of benzene rings is 2. The first-order valence-electron chi connectivity index (χ1n) is 12.0. The molecular weight excluding hydrogens is 455 g/mol. The van der Waals surface area contributed by atoms with Crippen LogP contribution in [0.3, 0.4) is 0 Å². The molecule has 2 atom stereocenters. The summed E-state index contributed by atoms with van der Waals surface area (Å²) in [7, 11) is 19.1. The maximum absolute atomic E-state index is 13.1. The van der Waals surface area contributed by atoms with Crippen LogP contribution in [0.15, 0.2) is 30.3 Å². The molecule has 178 valence electrons. The summed E-state index contributed by atoms with van der Waals surface area (Å²) >= 11 is 0. The zero-order valence-corrected chi connectivity index (χ0v) is 19.9. The van der Waals surface area contributed by atoms with Gasteiger partial charge in [0.2, 0.25) is 11.8 Å². The van der Waals surface area contributed by atoms with Crippen LogP contribution in [0, 0.1) is 0 Å². The van der Waals surface area contributed by atoms with Crippen molar-refractivity contribution in [1.29, 1.82) is 0 Å². The number of carbonyl (C=O) groups excluding carboxylic acids is 3. The van der Waals surface area contributed by atoms with Crippen LogP contribution in [0.1, 0.15) is 45.9 Å². The van der Waals surface area contributed by atoms with Crippen molar-refractivity contribution in [3.8, 4) is 5.75 Å². The second-order valence-electron chi connectivity index (χ2n) is 9.25. The van der Waals surface area contributed by atoms with Gasteiger partial charge in [-0.15, -0.1) is 0 Å². The van der Waals surface area contributed by atoms with E-state index < -0.39 is 18.0 Å². The van der Waals surface area contributed by atoms with Crippen molar-refractivity contribution in [2.24, 2.45) is 0 Å². The highest BCUT2D eigenvalue weighted by atomic mass is 16.5. The van der Waals surface area contributed by atoms with Crippen LogP contribution < -0.4 is 21.0 Å². The van der Waals surface area contributed by atoms with Crippen LogP contribution >= 0.6 is 0 Å². The Labute approximate surface area is 213 Å². The molecule has 1 N–H and O–H groups in total. The smallest absolute Gasteiger partial charge is 0.255 e. The Bertz CT molecular complexity index is 1220. The van der Waals surface area contributed by atoms with Crippen molar-refractivity contribution in [2.45, 2.75) is 38.0 Å². The monoisotopic (exact) mass is 479 g/mol. The SMILES string of the molecule is [B]c1c(CN2CCOCC2)ccc(C([B])Oc2cccc3c2CN(C2CCC(=O)NC2=O)C3=O)c1[B]. The van der Waals surface area contributed by atoms with Crippen LogP contribution in [0.4, 0.5) is 0 Å². The van der Waals surface area contributed by atoms with Crippen molar-refractivity contribution in [3.63, 3.8) is 0 Å². The number of nitrogens with one attached hydrogen (secondary N) is 1. The molecule has 8 nitrogen and oxygen atoms in total. The summed E-state index contributed by atoms with van der Waals surface area (Å²) in [5.74, 6) is -0.650. The van der Waals surface area contributed by atoms with Crippen molar-refractivity contribution < 1.29 is 23.9 Å². The molecular formula is C25H24B3N3O5. The molecule has 36 heavy (non-hydrogen) atoms. The van der Waals surface area contributed by atoms with Gasteiger partial charge < -0.3 is 14.4 Å². The lowest BCUT2D eigenvalue weighted by Crippen LogP contribution is -2.52. The van der Waals surface area contributed by atoms with Gasteiger partial charge >= 0.3 is 0 Å². The van der Waals surface area contributed by atoms with Gasteiger partial charge in [-0.25, -0.2) is 0 Å². The molecule has 2 aromatic rings. The number of carbonyl (C=O) groups is 3. The number of nitrogens with zero attached hydrogens (tertiary/aromatic N) is 2. The van der Waals surface area contributed by atoms with Gasteiger partial charge in [-0.1, -0.05) is 29.1 Å². The maximum Gasteiger partial charge on any atom is 0.255 e. The molecule has 0 aromatic heterocycles. The Hall–Kier alpha value is -3.04.